The fourth-order valence-corrected chi connectivity index (χ4v) is 2.55. The first-order chi connectivity index (χ1) is 7.01. The molecule has 0 aromatic rings. The van der Waals surface area contributed by atoms with E-state index in [2.05, 4.69) is 32.6 Å². The molecule has 15 heavy (non-hydrogen) atoms. The van der Waals surface area contributed by atoms with Crippen LogP contribution in [0.25, 0.3) is 0 Å². The van der Waals surface area contributed by atoms with Crippen molar-refractivity contribution in [1.82, 2.24) is 4.90 Å². The van der Waals surface area contributed by atoms with E-state index in [4.69, 9.17) is 5.11 Å². The molecule has 2 unspecified atom stereocenters. The van der Waals surface area contributed by atoms with Crippen LogP contribution in [0.1, 0.15) is 47.0 Å². The lowest BCUT2D eigenvalue weighted by Gasteiger charge is -2.46. The molecule has 90 valence electrons. The van der Waals surface area contributed by atoms with E-state index < -0.39 is 0 Å². The molecule has 1 aliphatic heterocycles. The van der Waals surface area contributed by atoms with Crippen molar-refractivity contribution in [3.05, 3.63) is 0 Å². The maximum atomic E-state index is 9.11. The van der Waals surface area contributed by atoms with Crippen LogP contribution in [-0.2, 0) is 0 Å². The van der Waals surface area contributed by atoms with E-state index in [1.807, 2.05) is 0 Å². The number of piperidine rings is 1. The zero-order valence-electron chi connectivity index (χ0n) is 10.8. The molecular weight excluding hydrogens is 186 g/mol. The first-order valence-corrected chi connectivity index (χ1v) is 6.36. The van der Waals surface area contributed by atoms with Crippen molar-refractivity contribution in [2.24, 2.45) is 11.3 Å². The van der Waals surface area contributed by atoms with Crippen LogP contribution in [0.15, 0.2) is 0 Å². The van der Waals surface area contributed by atoms with Crippen molar-refractivity contribution in [3.8, 4) is 0 Å². The molecule has 1 heterocycles. The van der Waals surface area contributed by atoms with Crippen LogP contribution in [0.5, 0.6) is 0 Å². The molecule has 0 aromatic carbocycles. The molecule has 0 bridgehead atoms. The Bertz CT molecular complexity index is 191. The number of nitrogens with zero attached hydrogens (tertiary/aromatic N) is 1. The average Bonchev–Trinajstić information content (AvgIpc) is 2.20. The van der Waals surface area contributed by atoms with Gasteiger partial charge in [0.25, 0.3) is 0 Å². The average molecular weight is 213 g/mol. The molecule has 2 nitrogen and oxygen atoms in total. The summed E-state index contributed by atoms with van der Waals surface area (Å²) in [6, 6.07) is 0.697. The molecular formula is C13H27NO. The van der Waals surface area contributed by atoms with Gasteiger partial charge in [0.05, 0.1) is 0 Å². The van der Waals surface area contributed by atoms with E-state index in [9.17, 15) is 0 Å². The highest BCUT2D eigenvalue weighted by atomic mass is 16.3. The number of aliphatic hydroxyl groups excluding tert-OH is 1. The summed E-state index contributed by atoms with van der Waals surface area (Å²) < 4.78 is 0. The molecule has 0 radical (unpaired) electrons. The molecule has 0 spiro atoms. The monoisotopic (exact) mass is 213 g/mol. The summed E-state index contributed by atoms with van der Waals surface area (Å²) in [5, 5.41) is 9.11. The topological polar surface area (TPSA) is 23.5 Å². The highest BCUT2D eigenvalue weighted by molar-refractivity contribution is 4.88. The number of likely N-dealkylation sites (tertiary alicyclic amines) is 1. The van der Waals surface area contributed by atoms with Gasteiger partial charge in [0.15, 0.2) is 0 Å². The number of hydrogen-bond donors (Lipinski definition) is 1. The standard InChI is InChI=1S/C13H27NO/c1-5-11(2)14-8-7-13(3,4)12(10-14)6-9-15/h11-12,15H,5-10H2,1-4H3. The second-order valence-electron chi connectivity index (χ2n) is 5.70. The summed E-state index contributed by atoms with van der Waals surface area (Å²) in [5.74, 6) is 0.658. The van der Waals surface area contributed by atoms with Crippen LogP contribution in [0.3, 0.4) is 0 Å². The summed E-state index contributed by atoms with van der Waals surface area (Å²) in [4.78, 5) is 2.59. The van der Waals surface area contributed by atoms with Crippen LogP contribution < -0.4 is 0 Å². The predicted molar refractivity (Wildman–Crippen MR) is 64.9 cm³/mol. The Morgan fingerprint density at radius 2 is 2.13 bits per heavy atom. The summed E-state index contributed by atoms with van der Waals surface area (Å²) in [6.45, 7) is 12.0. The van der Waals surface area contributed by atoms with Crippen molar-refractivity contribution in [2.75, 3.05) is 19.7 Å². The zero-order chi connectivity index (χ0) is 11.5. The second kappa shape index (κ2) is 5.31. The van der Waals surface area contributed by atoms with Gasteiger partial charge in [-0.25, -0.2) is 0 Å². The third-order valence-electron chi connectivity index (χ3n) is 4.30. The fourth-order valence-electron chi connectivity index (χ4n) is 2.55. The summed E-state index contributed by atoms with van der Waals surface area (Å²) in [6.07, 6.45) is 3.45. The third-order valence-corrected chi connectivity index (χ3v) is 4.30. The van der Waals surface area contributed by atoms with Gasteiger partial charge in [-0.15, -0.1) is 0 Å². The van der Waals surface area contributed by atoms with Crippen LogP contribution >= 0.6 is 0 Å². The first-order valence-electron chi connectivity index (χ1n) is 6.36. The van der Waals surface area contributed by atoms with Gasteiger partial charge in [-0.2, -0.15) is 0 Å². The Labute approximate surface area is 94.7 Å². The van der Waals surface area contributed by atoms with Crippen LogP contribution in [-0.4, -0.2) is 35.7 Å². The lowest BCUT2D eigenvalue weighted by molar-refractivity contribution is 0.0241. The zero-order valence-corrected chi connectivity index (χ0v) is 10.8. The molecule has 0 amide bonds. The molecule has 1 fully saturated rings. The summed E-state index contributed by atoms with van der Waals surface area (Å²) in [5.41, 5.74) is 0.409. The number of hydrogen-bond acceptors (Lipinski definition) is 2. The molecule has 2 atom stereocenters. The van der Waals surface area contributed by atoms with Gasteiger partial charge in [-0.1, -0.05) is 20.8 Å². The summed E-state index contributed by atoms with van der Waals surface area (Å²) >= 11 is 0. The normalized spacial score (nSPS) is 29.0. The minimum absolute atomic E-state index is 0.336. The Kier molecular flexibility index (Phi) is 4.60. The predicted octanol–water partition coefficient (Wildman–Crippen LogP) is 2.52. The van der Waals surface area contributed by atoms with Crippen molar-refractivity contribution in [3.63, 3.8) is 0 Å². The highest BCUT2D eigenvalue weighted by Gasteiger charge is 2.35. The first kappa shape index (κ1) is 13.0. The van der Waals surface area contributed by atoms with E-state index in [-0.39, 0.29) is 0 Å². The molecule has 0 aliphatic carbocycles. The van der Waals surface area contributed by atoms with Gasteiger partial charge in [0.1, 0.15) is 0 Å². The van der Waals surface area contributed by atoms with Crippen molar-refractivity contribution < 1.29 is 5.11 Å². The number of rotatable bonds is 4. The quantitative estimate of drug-likeness (QED) is 0.775. The molecule has 1 rings (SSSR count). The third kappa shape index (κ3) is 3.18. The molecule has 1 saturated heterocycles. The highest BCUT2D eigenvalue weighted by Crippen LogP contribution is 2.38. The van der Waals surface area contributed by atoms with E-state index in [1.165, 1.54) is 25.9 Å². The SMILES string of the molecule is CCC(C)N1CCC(C)(C)C(CCO)C1. The smallest absolute Gasteiger partial charge is 0.0434 e. The van der Waals surface area contributed by atoms with Gasteiger partial charge >= 0.3 is 0 Å². The van der Waals surface area contributed by atoms with E-state index in [0.717, 1.165) is 6.42 Å². The van der Waals surface area contributed by atoms with Crippen molar-refractivity contribution >= 4 is 0 Å². The van der Waals surface area contributed by atoms with E-state index in [0.29, 0.717) is 24.0 Å². The maximum absolute atomic E-state index is 9.11. The van der Waals surface area contributed by atoms with Gasteiger partial charge < -0.3 is 10.0 Å². The molecule has 1 N–H and O–H groups in total. The van der Waals surface area contributed by atoms with Crippen molar-refractivity contribution in [2.45, 2.75) is 53.0 Å². The molecule has 2 heteroatoms. The van der Waals surface area contributed by atoms with Crippen molar-refractivity contribution in [1.29, 1.82) is 0 Å². The van der Waals surface area contributed by atoms with Gasteiger partial charge in [-0.05, 0) is 44.1 Å². The van der Waals surface area contributed by atoms with E-state index in [1.54, 1.807) is 0 Å². The minimum Gasteiger partial charge on any atom is -0.396 e. The molecule has 0 aromatic heterocycles. The van der Waals surface area contributed by atoms with Crippen LogP contribution in [0.2, 0.25) is 0 Å². The Morgan fingerprint density at radius 3 is 2.67 bits per heavy atom. The fraction of sp³-hybridized carbons (Fsp3) is 1.00. The van der Waals surface area contributed by atoms with E-state index >= 15 is 0 Å². The minimum atomic E-state index is 0.336. The Morgan fingerprint density at radius 1 is 1.47 bits per heavy atom. The largest absolute Gasteiger partial charge is 0.396 e. The Balaban J connectivity index is 2.58. The lowest BCUT2D eigenvalue weighted by Crippen LogP contribution is -2.48. The Hall–Kier alpha value is -0.0800. The van der Waals surface area contributed by atoms with Gasteiger partial charge in [0, 0.05) is 19.2 Å². The summed E-state index contributed by atoms with van der Waals surface area (Å²) in [7, 11) is 0. The van der Waals surface area contributed by atoms with Gasteiger partial charge in [-0.3, -0.25) is 0 Å². The lowest BCUT2D eigenvalue weighted by atomic mass is 9.71. The van der Waals surface area contributed by atoms with Crippen LogP contribution in [0.4, 0.5) is 0 Å². The van der Waals surface area contributed by atoms with Gasteiger partial charge in [0.2, 0.25) is 0 Å². The second-order valence-corrected chi connectivity index (χ2v) is 5.70. The molecule has 1 aliphatic rings. The maximum Gasteiger partial charge on any atom is 0.0434 e. The molecule has 0 saturated carbocycles. The number of aliphatic hydroxyl groups is 1. The van der Waals surface area contributed by atoms with Crippen LogP contribution in [0, 0.1) is 11.3 Å².